The van der Waals surface area contributed by atoms with Crippen LogP contribution < -0.4 is 14.8 Å². The number of nitrogens with zero attached hydrogens (tertiary/aromatic N) is 2. The Bertz CT molecular complexity index is 883. The maximum Gasteiger partial charge on any atom is 0.308 e. The third-order valence-electron chi connectivity index (χ3n) is 5.73. The highest BCUT2D eigenvalue weighted by atomic mass is 16.5. The molecule has 0 bridgehead atoms. The smallest absolute Gasteiger partial charge is 0.308 e. The number of nitrogens with one attached hydrogen (secondary N) is 1. The Morgan fingerprint density at radius 2 is 1.82 bits per heavy atom. The Kier molecular flexibility index (Phi) is 8.51. The van der Waals surface area contributed by atoms with Crippen molar-refractivity contribution in [2.45, 2.75) is 38.6 Å². The van der Waals surface area contributed by atoms with Crippen molar-refractivity contribution >= 4 is 23.7 Å². The van der Waals surface area contributed by atoms with E-state index >= 15 is 0 Å². The third-order valence-corrected chi connectivity index (χ3v) is 5.73. The number of rotatable bonds is 8. The molecule has 0 saturated carbocycles. The Morgan fingerprint density at radius 1 is 1.06 bits per heavy atom. The predicted molar refractivity (Wildman–Crippen MR) is 118 cm³/mol. The zero-order chi connectivity index (χ0) is 23.8. The number of esters is 1. The summed E-state index contributed by atoms with van der Waals surface area (Å²) in [5, 5.41) is 2.67. The summed E-state index contributed by atoms with van der Waals surface area (Å²) < 4.78 is 16.0. The van der Waals surface area contributed by atoms with Crippen molar-refractivity contribution in [3.05, 3.63) is 23.8 Å². The van der Waals surface area contributed by atoms with Crippen LogP contribution in [0.1, 0.15) is 43.0 Å². The Balaban J connectivity index is 1.73. The highest BCUT2D eigenvalue weighted by molar-refractivity contribution is 5.99. The molecule has 0 radical (unpaired) electrons. The number of piperazine rings is 1. The van der Waals surface area contributed by atoms with Crippen LogP contribution in [0.2, 0.25) is 0 Å². The minimum absolute atomic E-state index is 0.0812. The van der Waals surface area contributed by atoms with Crippen LogP contribution in [0.15, 0.2) is 18.2 Å². The SMILES string of the molecule is CCOc1cc(C(=O)N2CCNC(=O)C2CC(=O)OC)ccc1OCC(=O)N1CCCCC1. The first-order valence-corrected chi connectivity index (χ1v) is 11.3. The molecule has 3 amide bonds. The summed E-state index contributed by atoms with van der Waals surface area (Å²) in [6.45, 7) is 4.07. The summed E-state index contributed by atoms with van der Waals surface area (Å²) in [4.78, 5) is 52.8. The molecule has 0 spiro atoms. The molecule has 33 heavy (non-hydrogen) atoms. The van der Waals surface area contributed by atoms with Crippen molar-refractivity contribution in [2.75, 3.05) is 46.5 Å². The van der Waals surface area contributed by atoms with Gasteiger partial charge in [0.05, 0.1) is 20.1 Å². The van der Waals surface area contributed by atoms with Crippen molar-refractivity contribution in [1.29, 1.82) is 0 Å². The van der Waals surface area contributed by atoms with E-state index < -0.39 is 23.8 Å². The van der Waals surface area contributed by atoms with Gasteiger partial charge in [0.1, 0.15) is 6.04 Å². The van der Waals surface area contributed by atoms with Gasteiger partial charge in [-0.15, -0.1) is 0 Å². The third kappa shape index (κ3) is 6.15. The number of methoxy groups -OCH3 is 1. The second-order valence-corrected chi connectivity index (χ2v) is 7.91. The molecule has 1 N–H and O–H groups in total. The van der Waals surface area contributed by atoms with E-state index in [2.05, 4.69) is 10.1 Å². The van der Waals surface area contributed by atoms with Gasteiger partial charge in [-0.05, 0) is 44.4 Å². The summed E-state index contributed by atoms with van der Waals surface area (Å²) in [5.41, 5.74) is 0.290. The first kappa shape index (κ1) is 24.3. The van der Waals surface area contributed by atoms with Gasteiger partial charge in [-0.3, -0.25) is 19.2 Å². The minimum Gasteiger partial charge on any atom is -0.490 e. The quantitative estimate of drug-likeness (QED) is 0.574. The fourth-order valence-corrected chi connectivity index (χ4v) is 3.97. The van der Waals surface area contributed by atoms with Gasteiger partial charge < -0.3 is 29.3 Å². The molecule has 1 aromatic carbocycles. The number of likely N-dealkylation sites (tertiary alicyclic amines) is 1. The molecule has 1 atom stereocenters. The van der Waals surface area contributed by atoms with Crippen molar-refractivity contribution in [3.8, 4) is 11.5 Å². The number of piperidine rings is 1. The van der Waals surface area contributed by atoms with Crippen molar-refractivity contribution in [1.82, 2.24) is 15.1 Å². The molecule has 2 heterocycles. The molecular weight excluding hydrogens is 430 g/mol. The van der Waals surface area contributed by atoms with Gasteiger partial charge in [0.15, 0.2) is 18.1 Å². The number of amides is 3. The van der Waals surface area contributed by atoms with E-state index in [9.17, 15) is 19.2 Å². The average Bonchev–Trinajstić information content (AvgIpc) is 2.84. The summed E-state index contributed by atoms with van der Waals surface area (Å²) in [6.07, 6.45) is 2.90. The monoisotopic (exact) mass is 461 g/mol. The van der Waals surface area contributed by atoms with E-state index in [1.54, 1.807) is 24.0 Å². The molecule has 2 aliphatic heterocycles. The highest BCUT2D eigenvalue weighted by Gasteiger charge is 2.35. The van der Waals surface area contributed by atoms with Crippen LogP contribution in [-0.4, -0.2) is 86.0 Å². The fourth-order valence-electron chi connectivity index (χ4n) is 3.97. The lowest BCUT2D eigenvalue weighted by Crippen LogP contribution is -2.57. The van der Waals surface area contributed by atoms with E-state index in [4.69, 9.17) is 9.47 Å². The maximum absolute atomic E-state index is 13.2. The molecular formula is C23H31N3O7. The van der Waals surface area contributed by atoms with Crippen LogP contribution in [0.3, 0.4) is 0 Å². The molecule has 3 rings (SSSR count). The van der Waals surface area contributed by atoms with E-state index in [1.807, 2.05) is 0 Å². The predicted octanol–water partition coefficient (Wildman–Crippen LogP) is 0.980. The summed E-state index contributed by atoms with van der Waals surface area (Å²) in [5.74, 6) is -0.770. The molecule has 2 aliphatic rings. The number of hydrogen-bond acceptors (Lipinski definition) is 7. The zero-order valence-electron chi connectivity index (χ0n) is 19.1. The lowest BCUT2D eigenvalue weighted by Gasteiger charge is -2.34. The van der Waals surface area contributed by atoms with Crippen LogP contribution in [0.5, 0.6) is 11.5 Å². The van der Waals surface area contributed by atoms with Crippen LogP contribution in [0.25, 0.3) is 0 Å². The lowest BCUT2D eigenvalue weighted by atomic mass is 10.1. The van der Waals surface area contributed by atoms with E-state index in [0.717, 1.165) is 32.4 Å². The molecule has 2 saturated heterocycles. The Morgan fingerprint density at radius 3 is 2.52 bits per heavy atom. The molecule has 0 aromatic heterocycles. The zero-order valence-corrected chi connectivity index (χ0v) is 19.1. The Hall–Kier alpha value is -3.30. The largest absolute Gasteiger partial charge is 0.490 e. The number of hydrogen-bond donors (Lipinski definition) is 1. The number of carbonyl (C=O) groups excluding carboxylic acids is 4. The molecule has 180 valence electrons. The van der Waals surface area contributed by atoms with Gasteiger partial charge in [0.25, 0.3) is 11.8 Å². The molecule has 1 unspecified atom stereocenters. The minimum atomic E-state index is -0.952. The van der Waals surface area contributed by atoms with Crippen LogP contribution in [0.4, 0.5) is 0 Å². The first-order valence-electron chi connectivity index (χ1n) is 11.3. The number of carbonyl (C=O) groups is 4. The van der Waals surface area contributed by atoms with E-state index in [1.165, 1.54) is 18.1 Å². The van der Waals surface area contributed by atoms with Crippen molar-refractivity contribution < 1.29 is 33.4 Å². The molecule has 1 aromatic rings. The topological polar surface area (TPSA) is 114 Å². The van der Waals surface area contributed by atoms with Crippen LogP contribution in [0, 0.1) is 0 Å². The maximum atomic E-state index is 13.2. The molecule has 2 fully saturated rings. The second-order valence-electron chi connectivity index (χ2n) is 7.91. The summed E-state index contributed by atoms with van der Waals surface area (Å²) >= 11 is 0. The fraction of sp³-hybridized carbons (Fsp3) is 0.565. The number of ether oxygens (including phenoxy) is 3. The molecule has 0 aliphatic carbocycles. The molecule has 10 heteroatoms. The second kappa shape index (κ2) is 11.5. The van der Waals surface area contributed by atoms with Gasteiger partial charge in [0.2, 0.25) is 5.91 Å². The van der Waals surface area contributed by atoms with Gasteiger partial charge in [0, 0.05) is 31.7 Å². The van der Waals surface area contributed by atoms with Crippen LogP contribution in [-0.2, 0) is 19.1 Å². The first-order chi connectivity index (χ1) is 15.9. The van der Waals surface area contributed by atoms with Gasteiger partial charge >= 0.3 is 5.97 Å². The van der Waals surface area contributed by atoms with Gasteiger partial charge in [-0.25, -0.2) is 0 Å². The average molecular weight is 462 g/mol. The van der Waals surface area contributed by atoms with Crippen molar-refractivity contribution in [2.24, 2.45) is 0 Å². The van der Waals surface area contributed by atoms with Crippen molar-refractivity contribution in [3.63, 3.8) is 0 Å². The lowest BCUT2D eigenvalue weighted by molar-refractivity contribution is -0.145. The standard InChI is InChI=1S/C23H31N3O7/c1-3-32-19-13-16(7-8-18(19)33-15-20(27)25-10-5-4-6-11-25)23(30)26-12-9-24-22(29)17(26)14-21(28)31-2/h7-8,13,17H,3-6,9-12,14-15H2,1-2H3,(H,24,29). The summed E-state index contributed by atoms with van der Waals surface area (Å²) in [7, 11) is 1.23. The van der Waals surface area contributed by atoms with Gasteiger partial charge in [-0.2, -0.15) is 0 Å². The van der Waals surface area contributed by atoms with E-state index in [0.29, 0.717) is 24.7 Å². The summed E-state index contributed by atoms with van der Waals surface area (Å²) in [6, 6.07) is 3.73. The Labute approximate surface area is 193 Å². The van der Waals surface area contributed by atoms with Crippen LogP contribution >= 0.6 is 0 Å². The number of benzene rings is 1. The normalized spacial score (nSPS) is 18.4. The van der Waals surface area contributed by atoms with E-state index in [-0.39, 0.29) is 31.0 Å². The van der Waals surface area contributed by atoms with Gasteiger partial charge in [-0.1, -0.05) is 0 Å². The highest BCUT2D eigenvalue weighted by Crippen LogP contribution is 2.30. The molecule has 10 nitrogen and oxygen atoms in total.